The molecule has 0 aliphatic heterocycles. The van der Waals surface area contributed by atoms with Crippen LogP contribution in [0.25, 0.3) is 0 Å². The second kappa shape index (κ2) is 8.50. The van der Waals surface area contributed by atoms with Gasteiger partial charge in [0.2, 0.25) is 10.0 Å². The SMILES string of the molecule is CCN(CC)S(=O)(=O)c1ccc(NS(=O)(=O)c2cc(C)c(OC)cc2C)cc1. The van der Waals surface area contributed by atoms with Gasteiger partial charge in [0.1, 0.15) is 5.75 Å². The number of nitrogens with zero attached hydrogens (tertiary/aromatic N) is 1. The number of hydrogen-bond acceptors (Lipinski definition) is 5. The van der Waals surface area contributed by atoms with Gasteiger partial charge >= 0.3 is 0 Å². The van der Waals surface area contributed by atoms with Gasteiger partial charge in [-0.1, -0.05) is 13.8 Å². The fraction of sp³-hybridized carbons (Fsp3) is 0.368. The number of aryl methyl sites for hydroxylation is 2. The van der Waals surface area contributed by atoms with Crippen LogP contribution in [0, 0.1) is 13.8 Å². The Hall–Kier alpha value is -2.10. The summed E-state index contributed by atoms with van der Waals surface area (Å²) in [6, 6.07) is 8.91. The lowest BCUT2D eigenvalue weighted by Crippen LogP contribution is -2.30. The monoisotopic (exact) mass is 426 g/mol. The highest BCUT2D eigenvalue weighted by Gasteiger charge is 2.22. The highest BCUT2D eigenvalue weighted by atomic mass is 32.2. The third kappa shape index (κ3) is 4.48. The van der Waals surface area contributed by atoms with Crippen LogP contribution in [0.2, 0.25) is 0 Å². The van der Waals surface area contributed by atoms with E-state index in [-0.39, 0.29) is 15.5 Å². The largest absolute Gasteiger partial charge is 0.496 e. The Balaban J connectivity index is 2.33. The first-order valence-electron chi connectivity index (χ1n) is 8.85. The first-order chi connectivity index (χ1) is 13.1. The van der Waals surface area contributed by atoms with Gasteiger partial charge in [0.25, 0.3) is 10.0 Å². The van der Waals surface area contributed by atoms with Crippen LogP contribution in [0.5, 0.6) is 5.75 Å². The van der Waals surface area contributed by atoms with E-state index in [4.69, 9.17) is 4.74 Å². The molecule has 0 aromatic heterocycles. The van der Waals surface area contributed by atoms with E-state index >= 15 is 0 Å². The number of nitrogens with one attached hydrogen (secondary N) is 1. The molecule has 28 heavy (non-hydrogen) atoms. The van der Waals surface area contributed by atoms with Crippen molar-refractivity contribution in [3.8, 4) is 5.75 Å². The highest BCUT2D eigenvalue weighted by molar-refractivity contribution is 7.92. The molecule has 0 aliphatic rings. The fourth-order valence-corrected chi connectivity index (χ4v) is 5.72. The van der Waals surface area contributed by atoms with E-state index in [0.717, 1.165) is 0 Å². The van der Waals surface area contributed by atoms with Crippen molar-refractivity contribution in [2.45, 2.75) is 37.5 Å². The van der Waals surface area contributed by atoms with Gasteiger partial charge in [-0.3, -0.25) is 4.72 Å². The van der Waals surface area contributed by atoms with Crippen LogP contribution in [0.4, 0.5) is 5.69 Å². The van der Waals surface area contributed by atoms with Crippen LogP contribution < -0.4 is 9.46 Å². The molecular formula is C19H26N2O5S2. The molecule has 0 amide bonds. The van der Waals surface area contributed by atoms with E-state index in [9.17, 15) is 16.8 Å². The van der Waals surface area contributed by atoms with Gasteiger partial charge in [-0.15, -0.1) is 0 Å². The number of hydrogen-bond donors (Lipinski definition) is 1. The molecule has 9 heteroatoms. The average molecular weight is 427 g/mol. The number of ether oxygens (including phenoxy) is 1. The number of anilines is 1. The van der Waals surface area contributed by atoms with E-state index in [1.807, 2.05) is 0 Å². The van der Waals surface area contributed by atoms with Gasteiger partial charge in [0.05, 0.1) is 16.9 Å². The summed E-state index contributed by atoms with van der Waals surface area (Å²) >= 11 is 0. The number of rotatable bonds is 8. The molecule has 0 atom stereocenters. The third-order valence-corrected chi connectivity index (χ3v) is 8.02. The average Bonchev–Trinajstić information content (AvgIpc) is 2.64. The van der Waals surface area contributed by atoms with E-state index < -0.39 is 20.0 Å². The molecule has 0 bridgehead atoms. The van der Waals surface area contributed by atoms with Gasteiger partial charge in [-0.25, -0.2) is 16.8 Å². The first-order valence-corrected chi connectivity index (χ1v) is 11.8. The Morgan fingerprint density at radius 1 is 0.929 bits per heavy atom. The van der Waals surface area contributed by atoms with Crippen molar-refractivity contribution in [1.82, 2.24) is 4.31 Å². The Morgan fingerprint density at radius 3 is 2.00 bits per heavy atom. The van der Waals surface area contributed by atoms with Gasteiger partial charge in [0, 0.05) is 18.8 Å². The van der Waals surface area contributed by atoms with Crippen molar-refractivity contribution in [2.75, 3.05) is 24.9 Å². The normalized spacial score (nSPS) is 12.2. The van der Waals surface area contributed by atoms with Crippen molar-refractivity contribution in [3.63, 3.8) is 0 Å². The molecule has 154 valence electrons. The maximum Gasteiger partial charge on any atom is 0.262 e. The van der Waals surface area contributed by atoms with Gasteiger partial charge in [0.15, 0.2) is 0 Å². The van der Waals surface area contributed by atoms with E-state index in [0.29, 0.717) is 30.0 Å². The molecule has 0 saturated carbocycles. The van der Waals surface area contributed by atoms with Crippen molar-refractivity contribution in [2.24, 2.45) is 0 Å². The molecule has 0 heterocycles. The molecule has 1 N–H and O–H groups in total. The van der Waals surface area contributed by atoms with E-state index in [2.05, 4.69) is 4.72 Å². The smallest absolute Gasteiger partial charge is 0.262 e. The summed E-state index contributed by atoms with van der Waals surface area (Å²) in [5.74, 6) is 0.613. The second-order valence-corrected chi connectivity index (χ2v) is 9.90. The quantitative estimate of drug-likeness (QED) is 0.700. The predicted octanol–water partition coefficient (Wildman–Crippen LogP) is 3.14. The Labute approximate surface area is 167 Å². The number of benzene rings is 2. The van der Waals surface area contributed by atoms with E-state index in [1.54, 1.807) is 39.8 Å². The molecule has 7 nitrogen and oxygen atoms in total. The van der Waals surface area contributed by atoms with Crippen LogP contribution in [0.1, 0.15) is 25.0 Å². The number of methoxy groups -OCH3 is 1. The zero-order valence-corrected chi connectivity index (χ0v) is 18.3. The zero-order chi connectivity index (χ0) is 21.1. The molecule has 0 radical (unpaired) electrons. The molecule has 0 unspecified atom stereocenters. The van der Waals surface area contributed by atoms with Crippen LogP contribution in [0.15, 0.2) is 46.2 Å². The predicted molar refractivity (Wildman–Crippen MR) is 110 cm³/mol. The summed E-state index contributed by atoms with van der Waals surface area (Å²) in [4.78, 5) is 0.265. The highest BCUT2D eigenvalue weighted by Crippen LogP contribution is 2.27. The molecule has 0 saturated heterocycles. The Kier molecular flexibility index (Phi) is 6.74. The van der Waals surface area contributed by atoms with Crippen LogP contribution in [-0.2, 0) is 20.0 Å². The van der Waals surface area contributed by atoms with Gasteiger partial charge < -0.3 is 4.74 Å². The minimum absolute atomic E-state index is 0.121. The van der Waals surface area contributed by atoms with Crippen LogP contribution >= 0.6 is 0 Å². The van der Waals surface area contributed by atoms with E-state index in [1.165, 1.54) is 35.7 Å². The van der Waals surface area contributed by atoms with Crippen molar-refractivity contribution in [3.05, 3.63) is 47.5 Å². The Morgan fingerprint density at radius 2 is 1.50 bits per heavy atom. The second-order valence-electron chi connectivity index (χ2n) is 6.31. The maximum atomic E-state index is 12.8. The standard InChI is InChI=1S/C19H26N2O5S2/c1-6-21(7-2)28(24,25)17-10-8-16(9-11-17)20-27(22,23)19-13-14(3)18(26-5)12-15(19)4/h8-13,20H,6-7H2,1-5H3. The summed E-state index contributed by atoms with van der Waals surface area (Å²) in [5.41, 5.74) is 1.54. The van der Waals surface area contributed by atoms with Crippen LogP contribution in [0.3, 0.4) is 0 Å². The summed E-state index contributed by atoms with van der Waals surface area (Å²) in [7, 11) is -5.89. The summed E-state index contributed by atoms with van der Waals surface area (Å²) in [6.07, 6.45) is 0. The summed E-state index contributed by atoms with van der Waals surface area (Å²) < 4.78 is 59.7. The third-order valence-electron chi connectivity index (χ3n) is 4.43. The lowest BCUT2D eigenvalue weighted by molar-refractivity contribution is 0.411. The van der Waals surface area contributed by atoms with Crippen molar-refractivity contribution < 1.29 is 21.6 Å². The maximum absolute atomic E-state index is 12.8. The molecular weight excluding hydrogens is 400 g/mol. The van der Waals surface area contributed by atoms with Gasteiger partial charge in [-0.2, -0.15) is 4.31 Å². The topological polar surface area (TPSA) is 92.8 Å². The molecule has 2 rings (SSSR count). The summed E-state index contributed by atoms with van der Waals surface area (Å²) in [6.45, 7) is 7.72. The van der Waals surface area contributed by atoms with Crippen molar-refractivity contribution in [1.29, 1.82) is 0 Å². The Bertz CT molecular complexity index is 1040. The molecule has 0 fully saturated rings. The van der Waals surface area contributed by atoms with Gasteiger partial charge in [-0.05, 0) is 61.4 Å². The van der Waals surface area contributed by atoms with Crippen molar-refractivity contribution >= 4 is 25.7 Å². The first kappa shape index (κ1) is 22.2. The number of sulfonamides is 2. The zero-order valence-electron chi connectivity index (χ0n) is 16.7. The molecule has 2 aromatic rings. The summed E-state index contributed by atoms with van der Waals surface area (Å²) in [5, 5.41) is 0. The lowest BCUT2D eigenvalue weighted by atomic mass is 10.1. The lowest BCUT2D eigenvalue weighted by Gasteiger charge is -2.18. The fourth-order valence-electron chi connectivity index (χ4n) is 2.89. The minimum Gasteiger partial charge on any atom is -0.496 e. The molecule has 0 aliphatic carbocycles. The minimum atomic E-state index is -3.83. The molecule has 2 aromatic carbocycles. The van der Waals surface area contributed by atoms with Crippen LogP contribution in [-0.4, -0.2) is 41.3 Å². The molecule has 0 spiro atoms.